The van der Waals surface area contributed by atoms with E-state index in [9.17, 15) is 4.79 Å². The lowest BCUT2D eigenvalue weighted by Crippen LogP contribution is -2.03. The topological polar surface area (TPSA) is 56.0 Å². The van der Waals surface area contributed by atoms with Gasteiger partial charge in [0, 0.05) is 30.9 Å². The zero-order valence-corrected chi connectivity index (χ0v) is 8.07. The van der Waals surface area contributed by atoms with Gasteiger partial charge in [0.1, 0.15) is 5.78 Å². The number of carbonyl (C=O) groups excluding carboxylic acids is 1. The Balaban J connectivity index is 2.04. The maximum absolute atomic E-state index is 11.1. The van der Waals surface area contributed by atoms with Crippen LogP contribution in [-0.4, -0.2) is 10.8 Å². The van der Waals surface area contributed by atoms with E-state index >= 15 is 0 Å². The molecular formula is C11H14N2O. The highest BCUT2D eigenvalue weighted by molar-refractivity contribution is 5.80. The van der Waals surface area contributed by atoms with Crippen molar-refractivity contribution in [3.8, 4) is 0 Å². The van der Waals surface area contributed by atoms with Crippen molar-refractivity contribution in [3.05, 3.63) is 24.0 Å². The normalized spacial score (nSPS) is 21.4. The molecule has 1 aromatic rings. The first kappa shape index (κ1) is 9.19. The van der Waals surface area contributed by atoms with Gasteiger partial charge in [-0.15, -0.1) is 0 Å². The average Bonchev–Trinajstić information content (AvgIpc) is 2.56. The molecule has 1 aliphatic carbocycles. The highest BCUT2D eigenvalue weighted by Gasteiger charge is 2.22. The van der Waals surface area contributed by atoms with Crippen LogP contribution >= 0.6 is 0 Å². The lowest BCUT2D eigenvalue weighted by molar-refractivity contribution is -0.117. The highest BCUT2D eigenvalue weighted by Crippen LogP contribution is 2.27. The van der Waals surface area contributed by atoms with E-state index in [4.69, 9.17) is 5.73 Å². The summed E-state index contributed by atoms with van der Waals surface area (Å²) in [6.45, 7) is 0. The largest absolute Gasteiger partial charge is 0.398 e. The van der Waals surface area contributed by atoms with Crippen molar-refractivity contribution >= 4 is 11.5 Å². The minimum atomic E-state index is 0.387. The molecule has 1 saturated carbocycles. The van der Waals surface area contributed by atoms with E-state index in [1.807, 2.05) is 6.07 Å². The van der Waals surface area contributed by atoms with Crippen LogP contribution < -0.4 is 5.73 Å². The van der Waals surface area contributed by atoms with Gasteiger partial charge >= 0.3 is 0 Å². The summed E-state index contributed by atoms with van der Waals surface area (Å²) in [5, 5.41) is 0. The van der Waals surface area contributed by atoms with Gasteiger partial charge in [-0.05, 0) is 30.4 Å². The number of carbonyl (C=O) groups is 1. The Kier molecular flexibility index (Phi) is 2.48. The molecule has 3 heteroatoms. The molecule has 1 aromatic heterocycles. The van der Waals surface area contributed by atoms with E-state index in [-0.39, 0.29) is 0 Å². The number of nitrogen functional groups attached to an aromatic ring is 1. The van der Waals surface area contributed by atoms with Gasteiger partial charge in [0.05, 0.1) is 0 Å². The van der Waals surface area contributed by atoms with Crippen LogP contribution in [0.25, 0.3) is 0 Å². The zero-order valence-electron chi connectivity index (χ0n) is 8.07. The van der Waals surface area contributed by atoms with Gasteiger partial charge in [-0.3, -0.25) is 9.78 Å². The van der Waals surface area contributed by atoms with Crippen molar-refractivity contribution in [2.24, 2.45) is 5.92 Å². The third-order valence-corrected chi connectivity index (χ3v) is 2.80. The third-order valence-electron chi connectivity index (χ3n) is 2.80. The number of anilines is 1. The van der Waals surface area contributed by atoms with Crippen LogP contribution in [0, 0.1) is 5.92 Å². The predicted molar refractivity (Wildman–Crippen MR) is 54.7 cm³/mol. The molecule has 0 spiro atoms. The summed E-state index contributed by atoms with van der Waals surface area (Å²) in [6.07, 6.45) is 6.86. The average molecular weight is 190 g/mol. The molecule has 1 fully saturated rings. The second-order valence-corrected chi connectivity index (χ2v) is 3.93. The summed E-state index contributed by atoms with van der Waals surface area (Å²) in [4.78, 5) is 15.1. The molecule has 0 bridgehead atoms. The van der Waals surface area contributed by atoms with Gasteiger partial charge in [0.15, 0.2) is 0 Å². The Labute approximate surface area is 83.3 Å². The molecule has 1 unspecified atom stereocenters. The Morgan fingerprint density at radius 2 is 2.43 bits per heavy atom. The van der Waals surface area contributed by atoms with Crippen LogP contribution in [-0.2, 0) is 11.2 Å². The number of hydrogen-bond donors (Lipinski definition) is 1. The Morgan fingerprint density at radius 1 is 1.57 bits per heavy atom. The predicted octanol–water partition coefficient (Wildman–Crippen LogP) is 1.58. The van der Waals surface area contributed by atoms with Crippen LogP contribution in [0.5, 0.6) is 0 Å². The van der Waals surface area contributed by atoms with Gasteiger partial charge in [-0.1, -0.05) is 0 Å². The fraction of sp³-hybridized carbons (Fsp3) is 0.455. The van der Waals surface area contributed by atoms with Gasteiger partial charge < -0.3 is 5.73 Å². The number of ketones is 1. The summed E-state index contributed by atoms with van der Waals surface area (Å²) in [5.41, 5.74) is 7.68. The van der Waals surface area contributed by atoms with Crippen molar-refractivity contribution < 1.29 is 4.79 Å². The molecule has 2 N–H and O–H groups in total. The Bertz CT molecular complexity index is 349. The van der Waals surface area contributed by atoms with Crippen molar-refractivity contribution in [1.82, 2.24) is 4.98 Å². The lowest BCUT2D eigenvalue weighted by atomic mass is 9.98. The number of rotatable bonds is 2. The van der Waals surface area contributed by atoms with E-state index in [0.29, 0.717) is 18.1 Å². The zero-order chi connectivity index (χ0) is 9.97. The van der Waals surface area contributed by atoms with Gasteiger partial charge in [-0.25, -0.2) is 0 Å². The third kappa shape index (κ3) is 1.92. The monoisotopic (exact) mass is 190 g/mol. The Hall–Kier alpha value is -1.38. The molecule has 74 valence electrons. The van der Waals surface area contributed by atoms with Crippen LogP contribution in [0.1, 0.15) is 24.8 Å². The van der Waals surface area contributed by atoms with Crippen LogP contribution in [0.2, 0.25) is 0 Å². The highest BCUT2D eigenvalue weighted by atomic mass is 16.1. The van der Waals surface area contributed by atoms with Crippen LogP contribution in [0.3, 0.4) is 0 Å². The van der Waals surface area contributed by atoms with Crippen molar-refractivity contribution in [3.63, 3.8) is 0 Å². The second kappa shape index (κ2) is 3.78. The molecule has 0 saturated heterocycles. The lowest BCUT2D eigenvalue weighted by Gasteiger charge is -2.09. The van der Waals surface area contributed by atoms with Gasteiger partial charge in [0.25, 0.3) is 0 Å². The van der Waals surface area contributed by atoms with Crippen molar-refractivity contribution in [2.45, 2.75) is 25.7 Å². The van der Waals surface area contributed by atoms with Crippen molar-refractivity contribution in [1.29, 1.82) is 0 Å². The fourth-order valence-corrected chi connectivity index (χ4v) is 1.98. The molecule has 0 amide bonds. The van der Waals surface area contributed by atoms with Crippen molar-refractivity contribution in [2.75, 3.05) is 5.73 Å². The molecule has 0 aliphatic heterocycles. The van der Waals surface area contributed by atoms with E-state index in [1.54, 1.807) is 12.4 Å². The number of aromatic nitrogens is 1. The summed E-state index contributed by atoms with van der Waals surface area (Å²) in [6, 6.07) is 1.81. The van der Waals surface area contributed by atoms with E-state index in [2.05, 4.69) is 4.98 Å². The summed E-state index contributed by atoms with van der Waals surface area (Å²) in [5.74, 6) is 0.867. The molecule has 0 radical (unpaired) electrons. The first-order valence-corrected chi connectivity index (χ1v) is 4.96. The maximum Gasteiger partial charge on any atom is 0.133 e. The molecular weight excluding hydrogens is 176 g/mol. The molecule has 1 heterocycles. The van der Waals surface area contributed by atoms with E-state index in [0.717, 1.165) is 30.5 Å². The first-order chi connectivity index (χ1) is 6.75. The van der Waals surface area contributed by atoms with Crippen LogP contribution in [0.15, 0.2) is 18.5 Å². The number of nitrogens with two attached hydrogens (primary N) is 1. The standard InChI is InChI=1S/C11H14N2O/c12-11-3-4-13-7-9(11)5-8-1-2-10(14)6-8/h3-4,7-8H,1-2,5-6H2,(H2,12,13). The number of pyridine rings is 1. The quantitative estimate of drug-likeness (QED) is 0.770. The second-order valence-electron chi connectivity index (χ2n) is 3.93. The summed E-state index contributed by atoms with van der Waals surface area (Å²) >= 11 is 0. The molecule has 2 rings (SSSR count). The van der Waals surface area contributed by atoms with E-state index < -0.39 is 0 Å². The fourth-order valence-electron chi connectivity index (χ4n) is 1.98. The molecule has 1 atom stereocenters. The summed E-state index contributed by atoms with van der Waals surface area (Å²) in [7, 11) is 0. The Morgan fingerprint density at radius 3 is 3.07 bits per heavy atom. The van der Waals surface area contributed by atoms with Gasteiger partial charge in [0.2, 0.25) is 0 Å². The summed E-state index contributed by atoms with van der Waals surface area (Å²) < 4.78 is 0. The number of Topliss-reactive ketones (excluding diaryl/α,β-unsaturated/α-hetero) is 1. The maximum atomic E-state index is 11.1. The molecule has 0 aromatic carbocycles. The molecule has 1 aliphatic rings. The smallest absolute Gasteiger partial charge is 0.133 e. The van der Waals surface area contributed by atoms with E-state index in [1.165, 1.54) is 0 Å². The number of hydrogen-bond acceptors (Lipinski definition) is 3. The van der Waals surface area contributed by atoms with Gasteiger partial charge in [-0.2, -0.15) is 0 Å². The van der Waals surface area contributed by atoms with Crippen LogP contribution in [0.4, 0.5) is 5.69 Å². The SMILES string of the molecule is Nc1ccncc1CC1CCC(=O)C1. The minimum Gasteiger partial charge on any atom is -0.398 e. The molecule has 14 heavy (non-hydrogen) atoms. The molecule has 3 nitrogen and oxygen atoms in total. The number of nitrogens with zero attached hydrogens (tertiary/aromatic N) is 1. The first-order valence-electron chi connectivity index (χ1n) is 4.96. The minimum absolute atomic E-state index is 0.387.